The smallest absolute Gasteiger partial charge is 0.119 e. The maximum Gasteiger partial charge on any atom is 0.119 e. The molecular formula is C17H27NO2. The third-order valence-electron chi connectivity index (χ3n) is 3.79. The Labute approximate surface area is 122 Å². The molecule has 1 aliphatic rings. The molecule has 112 valence electrons. The topological polar surface area (TPSA) is 41.5 Å². The van der Waals surface area contributed by atoms with Gasteiger partial charge < -0.3 is 15.2 Å². The molecule has 2 rings (SSSR count). The van der Waals surface area contributed by atoms with Crippen molar-refractivity contribution < 1.29 is 9.84 Å². The van der Waals surface area contributed by atoms with Crippen LogP contribution in [0.15, 0.2) is 24.3 Å². The van der Waals surface area contributed by atoms with Crippen molar-refractivity contribution in [1.29, 1.82) is 0 Å². The van der Waals surface area contributed by atoms with Crippen molar-refractivity contribution >= 4 is 0 Å². The zero-order valence-electron chi connectivity index (χ0n) is 12.9. The number of ether oxygens (including phenoxy) is 1. The Hall–Kier alpha value is -1.06. The average molecular weight is 277 g/mol. The molecule has 1 aromatic rings. The third kappa shape index (κ3) is 4.80. The van der Waals surface area contributed by atoms with Gasteiger partial charge in [0.2, 0.25) is 0 Å². The lowest BCUT2D eigenvalue weighted by Gasteiger charge is -2.22. The number of benzene rings is 1. The van der Waals surface area contributed by atoms with Gasteiger partial charge in [0.05, 0.1) is 5.60 Å². The van der Waals surface area contributed by atoms with Crippen LogP contribution in [0.5, 0.6) is 5.75 Å². The summed E-state index contributed by atoms with van der Waals surface area (Å²) < 4.78 is 5.72. The van der Waals surface area contributed by atoms with E-state index in [2.05, 4.69) is 38.2 Å². The molecule has 1 aromatic carbocycles. The van der Waals surface area contributed by atoms with Gasteiger partial charge in [-0.3, -0.25) is 0 Å². The molecule has 0 saturated heterocycles. The van der Waals surface area contributed by atoms with Gasteiger partial charge in [0, 0.05) is 12.1 Å². The van der Waals surface area contributed by atoms with E-state index >= 15 is 0 Å². The largest absolute Gasteiger partial charge is 0.491 e. The predicted molar refractivity (Wildman–Crippen MR) is 81.9 cm³/mol. The summed E-state index contributed by atoms with van der Waals surface area (Å²) in [6.07, 6.45) is 3.94. The molecule has 2 N–H and O–H groups in total. The third-order valence-corrected chi connectivity index (χ3v) is 3.79. The molecule has 0 heterocycles. The standard InChI is InChI=1S/C17H27NO2/c1-16(2,3)18-12-14-6-8-15(9-7-14)20-13-17(19)10-4-5-11-17/h6-9,18-19H,4-5,10-13H2,1-3H3. The minimum atomic E-state index is -0.605. The van der Waals surface area contributed by atoms with Gasteiger partial charge in [-0.1, -0.05) is 25.0 Å². The monoisotopic (exact) mass is 277 g/mol. The second-order valence-electron chi connectivity index (χ2n) is 6.97. The molecule has 0 atom stereocenters. The molecule has 1 saturated carbocycles. The predicted octanol–water partition coefficient (Wildman–Crippen LogP) is 3.26. The lowest BCUT2D eigenvalue weighted by atomic mass is 10.0. The molecule has 0 amide bonds. The Balaban J connectivity index is 1.82. The average Bonchev–Trinajstić information content (AvgIpc) is 2.82. The molecule has 3 heteroatoms. The number of aliphatic hydroxyl groups is 1. The highest BCUT2D eigenvalue weighted by Gasteiger charge is 2.31. The highest BCUT2D eigenvalue weighted by molar-refractivity contribution is 5.27. The van der Waals surface area contributed by atoms with E-state index < -0.39 is 5.60 Å². The summed E-state index contributed by atoms with van der Waals surface area (Å²) in [4.78, 5) is 0. The number of rotatable bonds is 5. The van der Waals surface area contributed by atoms with Crippen LogP contribution in [0.25, 0.3) is 0 Å². The van der Waals surface area contributed by atoms with Gasteiger partial charge in [0.1, 0.15) is 12.4 Å². The minimum Gasteiger partial charge on any atom is -0.491 e. The van der Waals surface area contributed by atoms with Gasteiger partial charge in [0.25, 0.3) is 0 Å². The van der Waals surface area contributed by atoms with Crippen LogP contribution in [0.2, 0.25) is 0 Å². The van der Waals surface area contributed by atoms with E-state index in [-0.39, 0.29) is 5.54 Å². The van der Waals surface area contributed by atoms with Gasteiger partial charge in [-0.15, -0.1) is 0 Å². The van der Waals surface area contributed by atoms with Crippen molar-refractivity contribution in [2.45, 2.75) is 64.1 Å². The van der Waals surface area contributed by atoms with Crippen molar-refractivity contribution in [3.63, 3.8) is 0 Å². The van der Waals surface area contributed by atoms with Crippen molar-refractivity contribution in [2.24, 2.45) is 0 Å². The van der Waals surface area contributed by atoms with Crippen LogP contribution in [0, 0.1) is 0 Å². The summed E-state index contributed by atoms with van der Waals surface area (Å²) in [7, 11) is 0. The van der Waals surface area contributed by atoms with Gasteiger partial charge in [-0.2, -0.15) is 0 Å². The van der Waals surface area contributed by atoms with Crippen LogP contribution in [-0.2, 0) is 6.54 Å². The van der Waals surface area contributed by atoms with Crippen molar-refractivity contribution in [3.8, 4) is 5.75 Å². The van der Waals surface area contributed by atoms with E-state index in [1.54, 1.807) is 0 Å². The van der Waals surface area contributed by atoms with E-state index in [4.69, 9.17) is 4.74 Å². The first-order chi connectivity index (χ1) is 9.36. The summed E-state index contributed by atoms with van der Waals surface area (Å²) in [5.41, 5.74) is 0.764. The fourth-order valence-electron chi connectivity index (χ4n) is 2.47. The Kier molecular flexibility index (Phi) is 4.71. The first kappa shape index (κ1) is 15.3. The van der Waals surface area contributed by atoms with Crippen molar-refractivity contribution in [3.05, 3.63) is 29.8 Å². The molecule has 20 heavy (non-hydrogen) atoms. The lowest BCUT2D eigenvalue weighted by Crippen LogP contribution is -2.35. The molecule has 0 bridgehead atoms. The van der Waals surface area contributed by atoms with Crippen LogP contribution < -0.4 is 10.1 Å². The molecule has 0 spiro atoms. The first-order valence-electron chi connectivity index (χ1n) is 7.56. The maximum absolute atomic E-state index is 10.2. The fraction of sp³-hybridized carbons (Fsp3) is 0.647. The highest BCUT2D eigenvalue weighted by Crippen LogP contribution is 2.30. The zero-order valence-corrected chi connectivity index (χ0v) is 12.9. The summed E-state index contributed by atoms with van der Waals surface area (Å²) in [6.45, 7) is 7.74. The zero-order chi connectivity index (χ0) is 14.6. The van der Waals surface area contributed by atoms with Crippen LogP contribution in [0.1, 0.15) is 52.0 Å². The SMILES string of the molecule is CC(C)(C)NCc1ccc(OCC2(O)CCCC2)cc1. The van der Waals surface area contributed by atoms with E-state index in [1.165, 1.54) is 5.56 Å². The quantitative estimate of drug-likeness (QED) is 0.868. The van der Waals surface area contributed by atoms with Crippen molar-refractivity contribution in [2.75, 3.05) is 6.61 Å². The molecule has 1 aliphatic carbocycles. The molecule has 1 fully saturated rings. The minimum absolute atomic E-state index is 0.126. The van der Waals surface area contributed by atoms with Gasteiger partial charge in [0.15, 0.2) is 0 Å². The van der Waals surface area contributed by atoms with Gasteiger partial charge in [-0.25, -0.2) is 0 Å². The molecule has 0 aliphatic heterocycles. The summed E-state index contributed by atoms with van der Waals surface area (Å²) in [6, 6.07) is 8.12. The van der Waals surface area contributed by atoms with Gasteiger partial charge >= 0.3 is 0 Å². The Bertz CT molecular complexity index is 414. The van der Waals surface area contributed by atoms with E-state index in [9.17, 15) is 5.11 Å². The Morgan fingerprint density at radius 1 is 1.15 bits per heavy atom. The first-order valence-corrected chi connectivity index (χ1v) is 7.56. The van der Waals surface area contributed by atoms with Crippen molar-refractivity contribution in [1.82, 2.24) is 5.32 Å². The summed E-state index contributed by atoms with van der Waals surface area (Å²) in [5, 5.41) is 13.7. The summed E-state index contributed by atoms with van der Waals surface area (Å²) in [5.74, 6) is 0.838. The van der Waals surface area contributed by atoms with Crippen LogP contribution >= 0.6 is 0 Å². The fourth-order valence-corrected chi connectivity index (χ4v) is 2.47. The van der Waals surface area contributed by atoms with E-state index in [1.807, 2.05) is 12.1 Å². The van der Waals surface area contributed by atoms with E-state index in [0.717, 1.165) is 38.0 Å². The molecule has 0 aromatic heterocycles. The van der Waals surface area contributed by atoms with Gasteiger partial charge in [-0.05, 0) is 51.3 Å². The Morgan fingerprint density at radius 2 is 1.75 bits per heavy atom. The molecule has 3 nitrogen and oxygen atoms in total. The number of hydrogen-bond acceptors (Lipinski definition) is 3. The maximum atomic E-state index is 10.2. The number of nitrogens with one attached hydrogen (secondary N) is 1. The molecule has 0 radical (unpaired) electrons. The second-order valence-corrected chi connectivity index (χ2v) is 6.97. The highest BCUT2D eigenvalue weighted by atomic mass is 16.5. The Morgan fingerprint density at radius 3 is 2.30 bits per heavy atom. The normalized spacial score (nSPS) is 18.2. The summed E-state index contributed by atoms with van der Waals surface area (Å²) >= 11 is 0. The molecule has 0 unspecified atom stereocenters. The second kappa shape index (κ2) is 6.15. The van der Waals surface area contributed by atoms with Crippen LogP contribution in [-0.4, -0.2) is 22.9 Å². The van der Waals surface area contributed by atoms with Crippen LogP contribution in [0.3, 0.4) is 0 Å². The van der Waals surface area contributed by atoms with E-state index in [0.29, 0.717) is 6.61 Å². The number of hydrogen-bond donors (Lipinski definition) is 2. The van der Waals surface area contributed by atoms with Crippen LogP contribution in [0.4, 0.5) is 0 Å². The molecular weight excluding hydrogens is 250 g/mol. The lowest BCUT2D eigenvalue weighted by molar-refractivity contribution is 0.00140.